The Balaban J connectivity index is 1.42. The number of allylic oxidation sites excluding steroid dienone is 2. The number of benzene rings is 3. The summed E-state index contributed by atoms with van der Waals surface area (Å²) in [5.74, 6) is 1.41. The summed E-state index contributed by atoms with van der Waals surface area (Å²) in [7, 11) is -3.12. The monoisotopic (exact) mass is 555 g/mol. The smallest absolute Gasteiger partial charge is 0.488 e. The topological polar surface area (TPSA) is 128 Å². The normalized spacial score (nSPS) is 14.5. The minimum Gasteiger partial charge on any atom is -0.492 e. The molecule has 0 saturated carbocycles. The second kappa shape index (κ2) is 14.8. The van der Waals surface area contributed by atoms with Crippen LogP contribution in [0.4, 0.5) is 0 Å². The highest BCUT2D eigenvalue weighted by Gasteiger charge is 2.29. The van der Waals surface area contributed by atoms with Crippen molar-refractivity contribution < 1.29 is 34.4 Å². The highest BCUT2D eigenvalue weighted by molar-refractivity contribution is 6.59. The van der Waals surface area contributed by atoms with Crippen molar-refractivity contribution in [1.29, 1.82) is 0 Å². The summed E-state index contributed by atoms with van der Waals surface area (Å²) in [6.07, 6.45) is 6.12. The van der Waals surface area contributed by atoms with E-state index in [9.17, 15) is 24.9 Å². The van der Waals surface area contributed by atoms with Gasteiger partial charge in [0.2, 0.25) is 0 Å². The van der Waals surface area contributed by atoms with Crippen LogP contribution in [0, 0.1) is 0 Å². The maximum absolute atomic E-state index is 10.3. The van der Waals surface area contributed by atoms with Crippen molar-refractivity contribution >= 4 is 42.6 Å². The first-order valence-electron chi connectivity index (χ1n) is 13.7. The van der Waals surface area contributed by atoms with Crippen LogP contribution in [-0.4, -0.2) is 66.4 Å². The van der Waals surface area contributed by atoms with Gasteiger partial charge in [0, 0.05) is 24.2 Å². The highest BCUT2D eigenvalue weighted by Crippen LogP contribution is 2.41. The molecule has 41 heavy (non-hydrogen) atoms. The molecular weight excluding hydrogens is 520 g/mol. The number of nitrogens with one attached hydrogen (secondary N) is 1. The molecule has 0 fully saturated rings. The first-order valence-corrected chi connectivity index (χ1v) is 13.7. The van der Waals surface area contributed by atoms with Crippen LogP contribution in [0.5, 0.6) is 11.5 Å². The molecule has 10 heteroatoms. The summed E-state index contributed by atoms with van der Waals surface area (Å²) in [5, 5.41) is 41.5. The fourth-order valence-electron chi connectivity index (χ4n) is 4.94. The maximum atomic E-state index is 10.3. The average molecular weight is 555 g/mol. The van der Waals surface area contributed by atoms with Crippen LogP contribution in [0.2, 0.25) is 0 Å². The van der Waals surface area contributed by atoms with Crippen LogP contribution < -0.4 is 25.7 Å². The lowest BCUT2D eigenvalue weighted by molar-refractivity contribution is -0.104. The van der Waals surface area contributed by atoms with E-state index in [0.717, 1.165) is 53.6 Å². The summed E-state index contributed by atoms with van der Waals surface area (Å²) >= 11 is 0. The quantitative estimate of drug-likeness (QED) is 0.0877. The molecule has 3 aromatic carbocycles. The molecule has 0 saturated heterocycles. The maximum Gasteiger partial charge on any atom is 0.488 e. The Morgan fingerprint density at radius 3 is 2.34 bits per heavy atom. The van der Waals surface area contributed by atoms with Gasteiger partial charge in [-0.15, -0.1) is 0 Å². The molecule has 0 amide bonds. The first-order chi connectivity index (χ1) is 19.9. The average Bonchev–Trinajstić information content (AvgIpc) is 2.97. The number of ether oxygens (including phenoxy) is 2. The Morgan fingerprint density at radius 1 is 0.951 bits per heavy atom. The van der Waals surface area contributed by atoms with E-state index in [1.54, 1.807) is 30.3 Å². The highest BCUT2D eigenvalue weighted by atomic mass is 16.5. The number of aldehydes is 1. The molecule has 1 aliphatic rings. The van der Waals surface area contributed by atoms with Gasteiger partial charge in [-0.3, -0.25) is 4.79 Å². The summed E-state index contributed by atoms with van der Waals surface area (Å²) in [6.45, 7) is 3.85. The van der Waals surface area contributed by atoms with E-state index >= 15 is 0 Å². The Hall–Kier alpha value is -3.66. The fraction of sp³-hybridized carbons (Fsp3) is 0.258. The van der Waals surface area contributed by atoms with Gasteiger partial charge in [-0.2, -0.15) is 0 Å². The second-order valence-electron chi connectivity index (χ2n) is 9.92. The number of fused-ring (bicyclic) bond motifs is 1. The molecule has 5 N–H and O–H groups in total. The molecule has 1 heterocycles. The number of carbonyl (C=O) groups excluding carboxylic acids is 1. The SMILES string of the molecule is CC1=C(c2ccc(B(O)O)cc2)C(CCCc2ccc(OCCNC/C=C/C=O)cc2)Oc2cc(B(O)O)ccc21. The van der Waals surface area contributed by atoms with Gasteiger partial charge in [-0.05, 0) is 78.1 Å². The van der Waals surface area contributed by atoms with E-state index in [2.05, 4.69) is 17.4 Å². The second-order valence-corrected chi connectivity index (χ2v) is 9.92. The number of rotatable bonds is 14. The molecular formula is C31H35B2NO7. The number of hydrogen-bond acceptors (Lipinski definition) is 8. The standard InChI is InChI=1S/C31H35B2NO7/c1-22-28-16-13-26(33(38)39)21-30(28)41-29(31(22)24-9-11-25(12-10-24)32(36)37)6-4-5-23-7-14-27(15-8-23)40-20-18-34-17-2-3-19-35/h2-3,7-16,19,21,29,34,36-39H,4-6,17-18,20H2,1H3/b3-2+. The zero-order valence-corrected chi connectivity index (χ0v) is 23.1. The fourth-order valence-corrected chi connectivity index (χ4v) is 4.94. The van der Waals surface area contributed by atoms with Crippen molar-refractivity contribution in [2.45, 2.75) is 32.3 Å². The van der Waals surface area contributed by atoms with E-state index in [0.29, 0.717) is 36.4 Å². The number of hydrogen-bond donors (Lipinski definition) is 5. The van der Waals surface area contributed by atoms with E-state index in [1.807, 2.05) is 37.3 Å². The minimum absolute atomic E-state index is 0.269. The summed E-state index contributed by atoms with van der Waals surface area (Å²) in [4.78, 5) is 10.3. The molecule has 0 radical (unpaired) electrons. The van der Waals surface area contributed by atoms with E-state index < -0.39 is 14.2 Å². The Kier molecular flexibility index (Phi) is 11.0. The third-order valence-electron chi connectivity index (χ3n) is 7.10. The van der Waals surface area contributed by atoms with Crippen molar-refractivity contribution in [3.05, 3.63) is 95.6 Å². The molecule has 8 nitrogen and oxygen atoms in total. The predicted octanol–water partition coefficient (Wildman–Crippen LogP) is 1.48. The molecule has 0 aromatic heterocycles. The minimum atomic E-state index is -1.58. The van der Waals surface area contributed by atoms with Gasteiger partial charge in [0.25, 0.3) is 0 Å². The third-order valence-corrected chi connectivity index (χ3v) is 7.10. The molecule has 1 aliphatic heterocycles. The van der Waals surface area contributed by atoms with Crippen molar-refractivity contribution in [2.75, 3.05) is 19.7 Å². The zero-order valence-electron chi connectivity index (χ0n) is 23.1. The van der Waals surface area contributed by atoms with Crippen LogP contribution in [0.15, 0.2) is 78.9 Å². The molecule has 0 bridgehead atoms. The van der Waals surface area contributed by atoms with Crippen molar-refractivity contribution in [3.8, 4) is 11.5 Å². The predicted molar refractivity (Wildman–Crippen MR) is 162 cm³/mol. The van der Waals surface area contributed by atoms with Gasteiger partial charge in [0.05, 0.1) is 0 Å². The van der Waals surface area contributed by atoms with Gasteiger partial charge in [0.1, 0.15) is 30.5 Å². The van der Waals surface area contributed by atoms with Crippen LogP contribution >= 0.6 is 0 Å². The van der Waals surface area contributed by atoms with Crippen molar-refractivity contribution in [2.24, 2.45) is 0 Å². The van der Waals surface area contributed by atoms with E-state index in [4.69, 9.17) is 9.47 Å². The third kappa shape index (κ3) is 8.19. The number of carbonyl (C=O) groups is 1. The van der Waals surface area contributed by atoms with Gasteiger partial charge in [-0.1, -0.05) is 54.6 Å². The van der Waals surface area contributed by atoms with Gasteiger partial charge < -0.3 is 34.9 Å². The molecule has 4 rings (SSSR count). The van der Waals surface area contributed by atoms with Crippen LogP contribution in [0.1, 0.15) is 36.5 Å². The summed E-state index contributed by atoms with van der Waals surface area (Å²) < 4.78 is 12.2. The molecule has 0 aliphatic carbocycles. The largest absolute Gasteiger partial charge is 0.492 e. The van der Waals surface area contributed by atoms with Crippen LogP contribution in [0.25, 0.3) is 11.1 Å². The molecule has 212 valence electrons. The lowest BCUT2D eigenvalue weighted by Crippen LogP contribution is -2.32. The van der Waals surface area contributed by atoms with Crippen LogP contribution in [0.3, 0.4) is 0 Å². The lowest BCUT2D eigenvalue weighted by atomic mass is 9.77. The van der Waals surface area contributed by atoms with Gasteiger partial charge in [0.15, 0.2) is 0 Å². The van der Waals surface area contributed by atoms with E-state index in [-0.39, 0.29) is 6.10 Å². The van der Waals surface area contributed by atoms with Gasteiger partial charge >= 0.3 is 14.2 Å². The summed E-state index contributed by atoms with van der Waals surface area (Å²) in [6, 6.07) is 20.4. The lowest BCUT2D eigenvalue weighted by Gasteiger charge is -2.31. The molecule has 1 atom stereocenters. The first kappa shape index (κ1) is 30.3. The van der Waals surface area contributed by atoms with Crippen molar-refractivity contribution in [1.82, 2.24) is 5.32 Å². The van der Waals surface area contributed by atoms with Gasteiger partial charge in [-0.25, -0.2) is 0 Å². The van der Waals surface area contributed by atoms with Crippen molar-refractivity contribution in [3.63, 3.8) is 0 Å². The zero-order chi connectivity index (χ0) is 29.2. The molecule has 0 spiro atoms. The molecule has 3 aromatic rings. The number of aryl methyl sites for hydroxylation is 1. The Morgan fingerprint density at radius 2 is 1.66 bits per heavy atom. The summed E-state index contributed by atoms with van der Waals surface area (Å²) in [5.41, 5.74) is 5.83. The Bertz CT molecular complexity index is 1360. The van der Waals surface area contributed by atoms with Crippen LogP contribution in [-0.2, 0) is 11.2 Å². The van der Waals surface area contributed by atoms with E-state index in [1.165, 1.54) is 11.6 Å². The Labute approximate surface area is 241 Å². The molecule has 1 unspecified atom stereocenters.